The van der Waals surface area contributed by atoms with Gasteiger partial charge >= 0.3 is 0 Å². The van der Waals surface area contributed by atoms with Crippen LogP contribution in [0.1, 0.15) is 38.5 Å². The van der Waals surface area contributed by atoms with Crippen LogP contribution < -0.4 is 0 Å². The van der Waals surface area contributed by atoms with Gasteiger partial charge in [0.05, 0.1) is 0 Å². The number of allylic oxidation sites excluding steroid dienone is 4. The highest BCUT2D eigenvalue weighted by Crippen LogP contribution is 2.34. The fraction of sp³-hybridized carbons (Fsp3) is 0.714. The molecule has 17 heavy (non-hydrogen) atoms. The molecule has 0 N–H and O–H groups in total. The average molecular weight is 267 g/mol. The maximum Gasteiger partial charge on any atom is 0.201 e. The van der Waals surface area contributed by atoms with E-state index in [0.717, 1.165) is 0 Å². The van der Waals surface area contributed by atoms with Crippen LogP contribution in [0.3, 0.4) is 0 Å². The van der Waals surface area contributed by atoms with E-state index in [-0.39, 0.29) is 0 Å². The summed E-state index contributed by atoms with van der Waals surface area (Å²) in [5, 5.41) is 3.33. The van der Waals surface area contributed by atoms with Crippen LogP contribution in [0.25, 0.3) is 0 Å². The Labute approximate surface area is 108 Å². The third kappa shape index (κ3) is 3.01. The molecule has 0 aromatic heterocycles. The molecule has 0 saturated heterocycles. The maximum absolute atomic E-state index is 6.73. The van der Waals surface area contributed by atoms with Crippen molar-refractivity contribution >= 4 is 16.6 Å². The number of hydrogen-bond donors (Lipinski definition) is 0. The molecule has 0 atom stereocenters. The lowest BCUT2D eigenvalue weighted by Crippen LogP contribution is -2.47. The van der Waals surface area contributed by atoms with Crippen molar-refractivity contribution in [2.45, 2.75) is 64.7 Å². The average Bonchev–Trinajstić information content (AvgIpc) is 2.91. The molecule has 2 aliphatic carbocycles. The van der Waals surface area contributed by atoms with Crippen LogP contribution in [0.15, 0.2) is 22.5 Å². The van der Waals surface area contributed by atoms with E-state index in [4.69, 9.17) is 4.12 Å². The minimum Gasteiger partial charge on any atom is -0.449 e. The highest BCUT2D eigenvalue weighted by atomic mass is 28.4. The molecule has 0 spiro atoms. The zero-order chi connectivity index (χ0) is 12.5. The third-order valence-electron chi connectivity index (χ3n) is 4.14. The van der Waals surface area contributed by atoms with Gasteiger partial charge in [0, 0.05) is 0 Å². The molecule has 3 heteroatoms. The minimum atomic E-state index is -1.59. The monoisotopic (exact) mass is 266 g/mol. The molecule has 0 bridgehead atoms. The van der Waals surface area contributed by atoms with E-state index in [9.17, 15) is 0 Å². The summed E-state index contributed by atoms with van der Waals surface area (Å²) in [6.45, 7) is 9.59. The van der Waals surface area contributed by atoms with Gasteiger partial charge in [-0.05, 0) is 64.7 Å². The van der Waals surface area contributed by atoms with Gasteiger partial charge in [0.1, 0.15) is 0 Å². The van der Waals surface area contributed by atoms with Crippen molar-refractivity contribution in [1.82, 2.24) is 0 Å². The fourth-order valence-electron chi connectivity index (χ4n) is 3.20. The molecule has 0 aromatic rings. The molecule has 2 aliphatic rings. The molecule has 0 aliphatic heterocycles. The lowest BCUT2D eigenvalue weighted by atomic mass is 10.4. The van der Waals surface area contributed by atoms with E-state index >= 15 is 0 Å². The Morgan fingerprint density at radius 1 is 0.824 bits per heavy atom. The van der Waals surface area contributed by atoms with Gasteiger partial charge in [-0.1, -0.05) is 22.5 Å². The predicted molar refractivity (Wildman–Crippen MR) is 79.9 cm³/mol. The summed E-state index contributed by atoms with van der Waals surface area (Å²) in [6, 6.07) is 0. The van der Waals surface area contributed by atoms with Crippen molar-refractivity contribution in [3.63, 3.8) is 0 Å². The van der Waals surface area contributed by atoms with Gasteiger partial charge in [-0.2, -0.15) is 0 Å². The molecule has 2 rings (SSSR count). The smallest absolute Gasteiger partial charge is 0.201 e. The molecule has 1 nitrogen and oxygen atoms in total. The van der Waals surface area contributed by atoms with Gasteiger partial charge in [-0.3, -0.25) is 0 Å². The first-order valence-corrected chi connectivity index (χ1v) is 12.8. The second-order valence-corrected chi connectivity index (χ2v) is 14.5. The van der Waals surface area contributed by atoms with Gasteiger partial charge in [0.2, 0.25) is 16.6 Å². The van der Waals surface area contributed by atoms with E-state index in [2.05, 4.69) is 38.3 Å². The molecule has 0 fully saturated rings. The van der Waals surface area contributed by atoms with Crippen molar-refractivity contribution < 1.29 is 4.12 Å². The Morgan fingerprint density at radius 3 is 1.53 bits per heavy atom. The summed E-state index contributed by atoms with van der Waals surface area (Å²) in [7, 11) is -3.18. The summed E-state index contributed by atoms with van der Waals surface area (Å²) < 4.78 is 6.73. The molecular formula is C14H26OSi2. The normalized spacial score (nSPS) is 21.6. The lowest BCUT2D eigenvalue weighted by molar-refractivity contribution is 0.557. The van der Waals surface area contributed by atoms with Crippen LogP contribution in [0.5, 0.6) is 0 Å². The molecular weight excluding hydrogens is 240 g/mol. The molecule has 0 aromatic carbocycles. The fourth-order valence-corrected chi connectivity index (χ4v) is 12.2. The summed E-state index contributed by atoms with van der Waals surface area (Å²) in [5.74, 6) is 0. The minimum absolute atomic E-state index is 1.28. The predicted octanol–water partition coefficient (Wildman–Crippen LogP) is 4.71. The van der Waals surface area contributed by atoms with E-state index in [1.54, 1.807) is 10.4 Å². The Hall–Kier alpha value is -0.126. The first-order chi connectivity index (χ1) is 7.92. The van der Waals surface area contributed by atoms with Crippen molar-refractivity contribution in [1.29, 1.82) is 0 Å². The van der Waals surface area contributed by atoms with E-state index in [1.807, 2.05) is 0 Å². The van der Waals surface area contributed by atoms with Crippen molar-refractivity contribution in [3.8, 4) is 0 Å². The van der Waals surface area contributed by atoms with Gasteiger partial charge in [-0.25, -0.2) is 0 Å². The second kappa shape index (κ2) is 4.86. The van der Waals surface area contributed by atoms with Crippen LogP contribution in [-0.2, 0) is 4.12 Å². The van der Waals surface area contributed by atoms with Gasteiger partial charge in [0.25, 0.3) is 0 Å². The van der Waals surface area contributed by atoms with E-state index < -0.39 is 16.6 Å². The van der Waals surface area contributed by atoms with Crippen LogP contribution in [-0.4, -0.2) is 16.6 Å². The summed E-state index contributed by atoms with van der Waals surface area (Å²) in [6.07, 6.45) is 12.8. The molecule has 96 valence electrons. The van der Waals surface area contributed by atoms with Crippen molar-refractivity contribution in [2.24, 2.45) is 0 Å². The SMILES string of the molecule is C[Si](C)(O[Si](C)(C)C1=CCCC1)C1=CCCC1. The first kappa shape index (κ1) is 13.3. The Morgan fingerprint density at radius 2 is 1.24 bits per heavy atom. The lowest BCUT2D eigenvalue weighted by Gasteiger charge is -2.36. The Kier molecular flexibility index (Phi) is 3.81. The van der Waals surface area contributed by atoms with Crippen molar-refractivity contribution in [2.75, 3.05) is 0 Å². The molecule has 0 saturated carbocycles. The summed E-state index contributed by atoms with van der Waals surface area (Å²) >= 11 is 0. The quantitative estimate of drug-likeness (QED) is 0.670. The van der Waals surface area contributed by atoms with Crippen LogP contribution in [0.2, 0.25) is 26.2 Å². The highest BCUT2D eigenvalue weighted by Gasteiger charge is 2.38. The van der Waals surface area contributed by atoms with Crippen LogP contribution >= 0.6 is 0 Å². The van der Waals surface area contributed by atoms with Crippen LogP contribution in [0.4, 0.5) is 0 Å². The van der Waals surface area contributed by atoms with Gasteiger partial charge in [0.15, 0.2) is 0 Å². The van der Waals surface area contributed by atoms with Crippen molar-refractivity contribution in [3.05, 3.63) is 22.5 Å². The van der Waals surface area contributed by atoms with E-state index in [0.29, 0.717) is 0 Å². The first-order valence-electron chi connectivity index (χ1n) is 7.01. The standard InChI is InChI=1S/C14H26OSi2/c1-16(2,13-9-5-6-10-13)15-17(3,4)14-11-7-8-12-14/h9,11H,5-8,10,12H2,1-4H3. The number of rotatable bonds is 4. The summed E-state index contributed by atoms with van der Waals surface area (Å²) in [4.78, 5) is 0. The second-order valence-electron chi connectivity index (χ2n) is 6.37. The maximum atomic E-state index is 6.73. The molecule has 0 radical (unpaired) electrons. The molecule has 0 unspecified atom stereocenters. The van der Waals surface area contributed by atoms with Gasteiger partial charge < -0.3 is 4.12 Å². The largest absolute Gasteiger partial charge is 0.449 e. The third-order valence-corrected chi connectivity index (χ3v) is 12.2. The highest BCUT2D eigenvalue weighted by molar-refractivity contribution is 6.91. The van der Waals surface area contributed by atoms with E-state index in [1.165, 1.54) is 38.5 Å². The Bertz CT molecular complexity index is 319. The van der Waals surface area contributed by atoms with Crippen LogP contribution in [0, 0.1) is 0 Å². The molecule has 0 heterocycles. The zero-order valence-corrected chi connectivity index (χ0v) is 13.8. The Balaban J connectivity index is 2.08. The summed E-state index contributed by atoms with van der Waals surface area (Å²) in [5.41, 5.74) is 0. The number of hydrogen-bond acceptors (Lipinski definition) is 1. The van der Waals surface area contributed by atoms with Gasteiger partial charge in [-0.15, -0.1) is 0 Å². The molecule has 0 amide bonds. The zero-order valence-electron chi connectivity index (χ0n) is 11.8. The topological polar surface area (TPSA) is 9.23 Å².